The number of hydrogen-bond donors (Lipinski definition) is 1. The lowest BCUT2D eigenvalue weighted by Gasteiger charge is -2.03. The molecule has 116 valence electrons. The van der Waals surface area contributed by atoms with Crippen molar-refractivity contribution in [3.63, 3.8) is 0 Å². The first kappa shape index (κ1) is 14.9. The highest BCUT2D eigenvalue weighted by atomic mass is 16.1. The predicted molar refractivity (Wildman–Crippen MR) is 87.6 cm³/mol. The minimum atomic E-state index is -0.0845. The molecule has 0 aliphatic heterocycles. The first-order valence-corrected chi connectivity index (χ1v) is 7.46. The number of aromatic nitrogens is 4. The Labute approximate surface area is 133 Å². The fraction of sp³-hybridized carbons (Fsp3) is 0.176. The van der Waals surface area contributed by atoms with Crippen molar-refractivity contribution in [3.05, 3.63) is 66.3 Å². The fourth-order valence-electron chi connectivity index (χ4n) is 2.19. The van der Waals surface area contributed by atoms with E-state index in [2.05, 4.69) is 20.4 Å². The molecule has 0 saturated heterocycles. The van der Waals surface area contributed by atoms with E-state index in [1.54, 1.807) is 22.9 Å². The van der Waals surface area contributed by atoms with Gasteiger partial charge in [-0.25, -0.2) is 9.50 Å². The molecule has 0 fully saturated rings. The Morgan fingerprint density at radius 3 is 2.96 bits per heavy atom. The van der Waals surface area contributed by atoms with Crippen LogP contribution in [-0.2, 0) is 11.2 Å². The molecule has 1 N–H and O–H groups in total. The summed E-state index contributed by atoms with van der Waals surface area (Å²) in [6.07, 6.45) is 10.2. The third kappa shape index (κ3) is 4.23. The second kappa shape index (κ2) is 7.31. The van der Waals surface area contributed by atoms with Crippen LogP contribution in [0.1, 0.15) is 17.5 Å². The van der Waals surface area contributed by atoms with Gasteiger partial charge in [0.2, 0.25) is 5.91 Å². The largest absolute Gasteiger partial charge is 0.353 e. The average Bonchev–Trinajstić information content (AvgIpc) is 3.05. The minimum Gasteiger partial charge on any atom is -0.353 e. The molecule has 0 radical (unpaired) electrons. The van der Waals surface area contributed by atoms with E-state index in [1.807, 2.05) is 36.5 Å². The fourth-order valence-corrected chi connectivity index (χ4v) is 2.19. The number of carbonyl (C=O) groups excluding carboxylic acids is 1. The number of benzene rings is 1. The summed E-state index contributed by atoms with van der Waals surface area (Å²) in [5.41, 5.74) is 2.08. The van der Waals surface area contributed by atoms with Crippen molar-refractivity contribution >= 4 is 17.8 Å². The predicted octanol–water partition coefficient (Wildman–Crippen LogP) is 1.89. The number of nitrogens with one attached hydrogen (secondary N) is 1. The number of carbonyl (C=O) groups is 1. The van der Waals surface area contributed by atoms with Gasteiger partial charge < -0.3 is 5.32 Å². The third-order valence-corrected chi connectivity index (χ3v) is 3.36. The second-order valence-electron chi connectivity index (χ2n) is 5.11. The Kier molecular flexibility index (Phi) is 4.73. The van der Waals surface area contributed by atoms with E-state index in [0.29, 0.717) is 12.3 Å². The molecule has 0 spiro atoms. The Hall–Kier alpha value is -3.02. The quantitative estimate of drug-likeness (QED) is 0.557. The van der Waals surface area contributed by atoms with E-state index >= 15 is 0 Å². The maximum atomic E-state index is 11.7. The maximum absolute atomic E-state index is 11.7. The SMILES string of the molecule is O=C(C=Cc1ccccc1)NCCCc1cnc2ncnn2c1. The summed E-state index contributed by atoms with van der Waals surface area (Å²) in [5, 5.41) is 6.93. The normalized spacial score (nSPS) is 11.1. The lowest BCUT2D eigenvalue weighted by Crippen LogP contribution is -2.22. The molecule has 0 bridgehead atoms. The van der Waals surface area contributed by atoms with Gasteiger partial charge >= 0.3 is 0 Å². The standard InChI is InChI=1S/C17H17N5O/c23-16(9-8-14-5-2-1-3-6-14)18-10-4-7-15-11-19-17-20-13-21-22(17)12-15/h1-3,5-6,8-9,11-13H,4,7,10H2,(H,18,23). The molecule has 23 heavy (non-hydrogen) atoms. The number of rotatable bonds is 6. The van der Waals surface area contributed by atoms with Crippen molar-refractivity contribution in [1.29, 1.82) is 0 Å². The van der Waals surface area contributed by atoms with Gasteiger partial charge in [-0.1, -0.05) is 30.3 Å². The Morgan fingerprint density at radius 1 is 1.22 bits per heavy atom. The summed E-state index contributed by atoms with van der Waals surface area (Å²) >= 11 is 0. The van der Waals surface area contributed by atoms with Gasteiger partial charge in [-0.3, -0.25) is 4.79 Å². The number of fused-ring (bicyclic) bond motifs is 1. The van der Waals surface area contributed by atoms with Crippen LogP contribution in [-0.4, -0.2) is 32.0 Å². The summed E-state index contributed by atoms with van der Waals surface area (Å²) in [4.78, 5) is 19.9. The summed E-state index contributed by atoms with van der Waals surface area (Å²) in [6, 6.07) is 9.74. The van der Waals surface area contributed by atoms with Crippen molar-refractivity contribution in [1.82, 2.24) is 24.9 Å². The molecular weight excluding hydrogens is 290 g/mol. The zero-order chi connectivity index (χ0) is 15.9. The summed E-state index contributed by atoms with van der Waals surface area (Å²) in [5.74, 6) is 0.506. The van der Waals surface area contributed by atoms with Gasteiger partial charge in [-0.05, 0) is 30.0 Å². The van der Waals surface area contributed by atoms with E-state index in [1.165, 1.54) is 6.33 Å². The second-order valence-corrected chi connectivity index (χ2v) is 5.11. The van der Waals surface area contributed by atoms with Gasteiger partial charge in [-0.15, -0.1) is 0 Å². The van der Waals surface area contributed by atoms with Gasteiger partial charge in [0.05, 0.1) is 0 Å². The molecule has 0 atom stereocenters. The molecule has 1 aromatic carbocycles. The van der Waals surface area contributed by atoms with Gasteiger partial charge in [-0.2, -0.15) is 10.1 Å². The smallest absolute Gasteiger partial charge is 0.252 e. The highest BCUT2D eigenvalue weighted by molar-refractivity contribution is 5.91. The summed E-state index contributed by atoms with van der Waals surface area (Å²) in [6.45, 7) is 0.618. The van der Waals surface area contributed by atoms with Crippen molar-refractivity contribution in [3.8, 4) is 0 Å². The molecular formula is C17H17N5O. The van der Waals surface area contributed by atoms with Crippen LogP contribution >= 0.6 is 0 Å². The van der Waals surface area contributed by atoms with Gasteiger partial charge in [0.25, 0.3) is 5.78 Å². The zero-order valence-corrected chi connectivity index (χ0v) is 12.6. The lowest BCUT2D eigenvalue weighted by molar-refractivity contribution is -0.116. The first-order chi connectivity index (χ1) is 11.3. The summed E-state index contributed by atoms with van der Waals surface area (Å²) in [7, 11) is 0. The first-order valence-electron chi connectivity index (χ1n) is 7.46. The minimum absolute atomic E-state index is 0.0845. The maximum Gasteiger partial charge on any atom is 0.252 e. The van der Waals surface area contributed by atoms with E-state index in [-0.39, 0.29) is 5.91 Å². The number of nitrogens with zero attached hydrogens (tertiary/aromatic N) is 4. The molecule has 0 unspecified atom stereocenters. The monoisotopic (exact) mass is 307 g/mol. The highest BCUT2D eigenvalue weighted by Crippen LogP contribution is 2.03. The molecule has 0 aliphatic carbocycles. The highest BCUT2D eigenvalue weighted by Gasteiger charge is 2.00. The molecule has 1 amide bonds. The average molecular weight is 307 g/mol. The van der Waals surface area contributed by atoms with E-state index in [4.69, 9.17) is 0 Å². The molecule has 2 heterocycles. The van der Waals surface area contributed by atoms with Crippen LogP contribution in [0.15, 0.2) is 55.1 Å². The number of hydrogen-bond acceptors (Lipinski definition) is 4. The van der Waals surface area contributed by atoms with Crippen LogP contribution in [0, 0.1) is 0 Å². The van der Waals surface area contributed by atoms with Crippen LogP contribution in [0.25, 0.3) is 11.9 Å². The van der Waals surface area contributed by atoms with Gasteiger partial charge in [0.1, 0.15) is 6.33 Å². The topological polar surface area (TPSA) is 72.2 Å². The third-order valence-electron chi connectivity index (χ3n) is 3.36. The molecule has 0 saturated carbocycles. The summed E-state index contributed by atoms with van der Waals surface area (Å²) < 4.78 is 1.65. The molecule has 0 aliphatic rings. The Morgan fingerprint density at radius 2 is 2.09 bits per heavy atom. The molecule has 6 nitrogen and oxygen atoms in total. The van der Waals surface area contributed by atoms with Gasteiger partial charge in [0.15, 0.2) is 0 Å². The van der Waals surface area contributed by atoms with E-state index in [9.17, 15) is 4.79 Å². The van der Waals surface area contributed by atoms with Crippen LogP contribution in [0.3, 0.4) is 0 Å². The van der Waals surface area contributed by atoms with Crippen molar-refractivity contribution in [2.75, 3.05) is 6.54 Å². The lowest BCUT2D eigenvalue weighted by atomic mass is 10.2. The number of aryl methyl sites for hydroxylation is 1. The molecule has 2 aromatic heterocycles. The Bertz CT molecular complexity index is 810. The van der Waals surface area contributed by atoms with Crippen LogP contribution in [0.2, 0.25) is 0 Å². The number of amides is 1. The van der Waals surface area contributed by atoms with Crippen LogP contribution in [0.4, 0.5) is 0 Å². The van der Waals surface area contributed by atoms with Crippen molar-refractivity contribution in [2.24, 2.45) is 0 Å². The van der Waals surface area contributed by atoms with Crippen molar-refractivity contribution in [2.45, 2.75) is 12.8 Å². The van der Waals surface area contributed by atoms with Gasteiger partial charge in [0, 0.05) is 25.0 Å². The molecule has 3 aromatic rings. The van der Waals surface area contributed by atoms with Crippen molar-refractivity contribution < 1.29 is 4.79 Å². The Balaban J connectivity index is 1.42. The zero-order valence-electron chi connectivity index (χ0n) is 12.6. The van der Waals surface area contributed by atoms with E-state index < -0.39 is 0 Å². The van der Waals surface area contributed by atoms with Crippen LogP contribution in [0.5, 0.6) is 0 Å². The molecule has 3 rings (SSSR count). The van der Waals surface area contributed by atoms with E-state index in [0.717, 1.165) is 24.0 Å². The van der Waals surface area contributed by atoms with Crippen LogP contribution < -0.4 is 5.32 Å². The molecule has 6 heteroatoms.